The van der Waals surface area contributed by atoms with Crippen molar-refractivity contribution in [2.45, 2.75) is 12.5 Å². The summed E-state index contributed by atoms with van der Waals surface area (Å²) in [5.41, 5.74) is 1.62. The van der Waals surface area contributed by atoms with Crippen molar-refractivity contribution in [3.05, 3.63) is 29.8 Å². The molecule has 1 heterocycles. The standard InChI is InChI=1S/C15H22N2O2S/c1-16-14-6-4-3-5-13(14)15(18)17(8-9-19-2)12-7-10-20-11-12/h3-6,12,16H,7-11H2,1-2H3. The molecule has 5 heteroatoms. The molecule has 0 radical (unpaired) electrons. The van der Waals surface area contributed by atoms with Crippen LogP contribution < -0.4 is 5.32 Å². The third-order valence-corrected chi connectivity index (χ3v) is 4.72. The molecule has 1 aliphatic rings. The van der Waals surface area contributed by atoms with E-state index in [1.54, 1.807) is 7.11 Å². The Morgan fingerprint density at radius 2 is 2.30 bits per heavy atom. The number of hydrogen-bond acceptors (Lipinski definition) is 4. The summed E-state index contributed by atoms with van der Waals surface area (Å²) in [4.78, 5) is 14.8. The van der Waals surface area contributed by atoms with Crippen molar-refractivity contribution in [2.24, 2.45) is 0 Å². The Morgan fingerprint density at radius 1 is 1.50 bits per heavy atom. The molecule has 0 aromatic heterocycles. The van der Waals surface area contributed by atoms with Crippen LogP contribution in [0.3, 0.4) is 0 Å². The van der Waals surface area contributed by atoms with Gasteiger partial charge in [0.05, 0.1) is 12.2 Å². The largest absolute Gasteiger partial charge is 0.387 e. The van der Waals surface area contributed by atoms with Crippen molar-refractivity contribution < 1.29 is 9.53 Å². The molecular formula is C15H22N2O2S. The summed E-state index contributed by atoms with van der Waals surface area (Å²) in [7, 11) is 3.52. The molecule has 1 unspecified atom stereocenters. The predicted octanol–water partition coefficient (Wildman–Crippen LogP) is 2.32. The van der Waals surface area contributed by atoms with Gasteiger partial charge in [-0.3, -0.25) is 4.79 Å². The fraction of sp³-hybridized carbons (Fsp3) is 0.533. The van der Waals surface area contributed by atoms with Crippen LogP contribution in [0.25, 0.3) is 0 Å². The van der Waals surface area contributed by atoms with E-state index in [-0.39, 0.29) is 5.91 Å². The Hall–Kier alpha value is -1.20. The Balaban J connectivity index is 2.20. The molecule has 0 aliphatic carbocycles. The van der Waals surface area contributed by atoms with Crippen molar-refractivity contribution in [1.82, 2.24) is 4.90 Å². The van der Waals surface area contributed by atoms with Gasteiger partial charge in [-0.15, -0.1) is 0 Å². The zero-order valence-electron chi connectivity index (χ0n) is 12.1. The maximum absolute atomic E-state index is 12.8. The minimum Gasteiger partial charge on any atom is -0.387 e. The van der Waals surface area contributed by atoms with Gasteiger partial charge in [-0.25, -0.2) is 0 Å². The number of para-hydroxylation sites is 1. The lowest BCUT2D eigenvalue weighted by atomic mass is 10.1. The third-order valence-electron chi connectivity index (χ3n) is 3.57. The van der Waals surface area contributed by atoms with Gasteiger partial charge in [0.15, 0.2) is 0 Å². The number of anilines is 1. The molecule has 1 aliphatic heterocycles. The van der Waals surface area contributed by atoms with Gasteiger partial charge < -0.3 is 15.0 Å². The Morgan fingerprint density at radius 3 is 2.95 bits per heavy atom. The van der Waals surface area contributed by atoms with Crippen molar-refractivity contribution in [2.75, 3.05) is 44.1 Å². The first-order valence-electron chi connectivity index (χ1n) is 6.92. The summed E-state index contributed by atoms with van der Waals surface area (Å²) >= 11 is 1.92. The highest BCUT2D eigenvalue weighted by molar-refractivity contribution is 7.99. The summed E-state index contributed by atoms with van der Waals surface area (Å²) in [6, 6.07) is 7.99. The minimum absolute atomic E-state index is 0.0968. The van der Waals surface area contributed by atoms with Crippen LogP contribution >= 0.6 is 11.8 Å². The number of carbonyl (C=O) groups is 1. The first kappa shape index (κ1) is 15.2. The number of hydrogen-bond donors (Lipinski definition) is 1. The number of methoxy groups -OCH3 is 1. The summed E-state index contributed by atoms with van der Waals surface area (Å²) in [5, 5.41) is 3.09. The van der Waals surface area contributed by atoms with Crippen LogP contribution in [0.5, 0.6) is 0 Å². The monoisotopic (exact) mass is 294 g/mol. The molecule has 2 rings (SSSR count). The molecular weight excluding hydrogens is 272 g/mol. The van der Waals surface area contributed by atoms with Crippen LogP contribution in [0, 0.1) is 0 Å². The topological polar surface area (TPSA) is 41.6 Å². The summed E-state index contributed by atoms with van der Waals surface area (Å²) in [5.74, 6) is 2.26. The molecule has 1 saturated heterocycles. The summed E-state index contributed by atoms with van der Waals surface area (Å²) in [6.45, 7) is 1.23. The molecule has 20 heavy (non-hydrogen) atoms. The SMILES string of the molecule is CNc1ccccc1C(=O)N(CCOC)C1CCSC1. The fourth-order valence-corrected chi connectivity index (χ4v) is 3.67. The Kier molecular flexibility index (Phi) is 5.73. The normalized spacial score (nSPS) is 18.0. The van der Waals surface area contributed by atoms with Gasteiger partial charge in [0.2, 0.25) is 0 Å². The van der Waals surface area contributed by atoms with Crippen LogP contribution in [0.1, 0.15) is 16.8 Å². The highest BCUT2D eigenvalue weighted by Gasteiger charge is 2.28. The van der Waals surface area contributed by atoms with Crippen molar-refractivity contribution in [3.8, 4) is 0 Å². The van der Waals surface area contributed by atoms with E-state index in [1.165, 1.54) is 0 Å². The second-order valence-corrected chi connectivity index (χ2v) is 5.95. The smallest absolute Gasteiger partial charge is 0.256 e. The number of benzene rings is 1. The first-order chi connectivity index (χ1) is 9.77. The molecule has 0 bridgehead atoms. The molecule has 1 atom stereocenters. The Bertz CT molecular complexity index is 447. The number of rotatable bonds is 6. The van der Waals surface area contributed by atoms with E-state index in [0.717, 1.165) is 29.2 Å². The van der Waals surface area contributed by atoms with Gasteiger partial charge in [0.25, 0.3) is 5.91 Å². The first-order valence-corrected chi connectivity index (χ1v) is 8.07. The van der Waals surface area contributed by atoms with Crippen LogP contribution in [0.4, 0.5) is 5.69 Å². The van der Waals surface area contributed by atoms with Crippen molar-refractivity contribution in [3.63, 3.8) is 0 Å². The van der Waals surface area contributed by atoms with E-state index in [2.05, 4.69) is 5.32 Å². The van der Waals surface area contributed by atoms with Gasteiger partial charge in [0, 0.05) is 38.2 Å². The van der Waals surface area contributed by atoms with Crippen LogP contribution in [-0.2, 0) is 4.74 Å². The zero-order valence-corrected chi connectivity index (χ0v) is 12.9. The van der Waals surface area contributed by atoms with Gasteiger partial charge in [0.1, 0.15) is 0 Å². The molecule has 1 amide bonds. The van der Waals surface area contributed by atoms with E-state index in [1.807, 2.05) is 48.0 Å². The molecule has 0 spiro atoms. The molecule has 1 fully saturated rings. The third kappa shape index (κ3) is 3.46. The average molecular weight is 294 g/mol. The number of amides is 1. The number of nitrogens with one attached hydrogen (secondary N) is 1. The Labute approximate surface area is 124 Å². The van der Waals surface area contributed by atoms with E-state index in [0.29, 0.717) is 19.2 Å². The highest BCUT2D eigenvalue weighted by atomic mass is 32.2. The lowest BCUT2D eigenvalue weighted by Crippen LogP contribution is -2.42. The quantitative estimate of drug-likeness (QED) is 0.874. The fourth-order valence-electron chi connectivity index (χ4n) is 2.45. The number of ether oxygens (including phenoxy) is 1. The van der Waals surface area contributed by atoms with Crippen LogP contribution in [0.15, 0.2) is 24.3 Å². The second-order valence-electron chi connectivity index (χ2n) is 4.80. The number of thioether (sulfide) groups is 1. The lowest BCUT2D eigenvalue weighted by Gasteiger charge is -2.29. The van der Waals surface area contributed by atoms with Crippen LogP contribution in [0.2, 0.25) is 0 Å². The zero-order chi connectivity index (χ0) is 14.4. The average Bonchev–Trinajstić information content (AvgIpc) is 3.01. The molecule has 0 saturated carbocycles. The second kappa shape index (κ2) is 7.55. The van der Waals surface area contributed by atoms with Gasteiger partial charge >= 0.3 is 0 Å². The maximum Gasteiger partial charge on any atom is 0.256 e. The van der Waals surface area contributed by atoms with Gasteiger partial charge in [-0.1, -0.05) is 12.1 Å². The number of nitrogens with zero attached hydrogens (tertiary/aromatic N) is 1. The highest BCUT2D eigenvalue weighted by Crippen LogP contribution is 2.25. The van der Waals surface area contributed by atoms with E-state index in [9.17, 15) is 4.79 Å². The lowest BCUT2D eigenvalue weighted by molar-refractivity contribution is 0.0625. The predicted molar refractivity (Wildman–Crippen MR) is 84.6 cm³/mol. The molecule has 1 N–H and O–H groups in total. The van der Waals surface area contributed by atoms with Gasteiger partial charge in [-0.2, -0.15) is 11.8 Å². The van der Waals surface area contributed by atoms with E-state index in [4.69, 9.17) is 4.74 Å². The summed E-state index contributed by atoms with van der Waals surface area (Å²) < 4.78 is 5.16. The molecule has 4 nitrogen and oxygen atoms in total. The van der Waals surface area contributed by atoms with E-state index >= 15 is 0 Å². The van der Waals surface area contributed by atoms with E-state index < -0.39 is 0 Å². The minimum atomic E-state index is 0.0968. The van der Waals surface area contributed by atoms with Crippen LogP contribution in [-0.4, -0.2) is 55.7 Å². The molecule has 1 aromatic carbocycles. The van der Waals surface area contributed by atoms with Crippen molar-refractivity contribution in [1.29, 1.82) is 0 Å². The molecule has 110 valence electrons. The molecule has 1 aromatic rings. The maximum atomic E-state index is 12.8. The summed E-state index contributed by atoms with van der Waals surface area (Å²) in [6.07, 6.45) is 1.07. The van der Waals surface area contributed by atoms with Crippen molar-refractivity contribution >= 4 is 23.4 Å². The number of carbonyl (C=O) groups excluding carboxylic acids is 1. The van der Waals surface area contributed by atoms with Gasteiger partial charge in [-0.05, 0) is 24.3 Å².